The van der Waals surface area contributed by atoms with Gasteiger partial charge in [0.05, 0.1) is 0 Å². The van der Waals surface area contributed by atoms with Gasteiger partial charge in [0.1, 0.15) is 0 Å². The third kappa shape index (κ3) is 4.61. The molecule has 0 unspecified atom stereocenters. The molecule has 0 fully saturated rings. The molecule has 1 heteroatoms. The van der Waals surface area contributed by atoms with Gasteiger partial charge in [-0.25, -0.2) is 0 Å². The topological polar surface area (TPSA) is 0 Å². The SMILES string of the molecule is CC(C)=C[CH2][InH2]. The Morgan fingerprint density at radius 2 is 2.17 bits per heavy atom. The van der Waals surface area contributed by atoms with Crippen molar-refractivity contribution in [3.63, 3.8) is 0 Å². The summed E-state index contributed by atoms with van der Waals surface area (Å²) in [4.78, 5) is 0. The van der Waals surface area contributed by atoms with Gasteiger partial charge in [0.25, 0.3) is 0 Å². The van der Waals surface area contributed by atoms with Crippen molar-refractivity contribution in [1.29, 1.82) is 0 Å². The Kier molecular flexibility index (Phi) is 4.17. The molecule has 0 nitrogen and oxygen atoms in total. The van der Waals surface area contributed by atoms with Crippen LogP contribution in [0.15, 0.2) is 11.6 Å². The van der Waals surface area contributed by atoms with Crippen LogP contribution < -0.4 is 0 Å². The average molecular weight is 186 g/mol. The minimum absolute atomic E-state index is 0.883. The van der Waals surface area contributed by atoms with Crippen LogP contribution >= 0.6 is 0 Å². The molecule has 0 aromatic carbocycles. The molecule has 0 aromatic heterocycles. The Bertz CT molecular complexity index is 51.0. The van der Waals surface area contributed by atoms with Crippen LogP contribution in [0.25, 0.3) is 0 Å². The van der Waals surface area contributed by atoms with Gasteiger partial charge in [0.15, 0.2) is 0 Å². The zero-order valence-electron chi connectivity index (χ0n) is 4.78. The first-order valence-corrected chi connectivity index (χ1v) is 6.44. The molecule has 0 rings (SSSR count). The van der Waals surface area contributed by atoms with Crippen molar-refractivity contribution < 1.29 is 0 Å². The van der Waals surface area contributed by atoms with Gasteiger partial charge in [-0.2, -0.15) is 0 Å². The number of hydrogen-bond donors (Lipinski definition) is 0. The average Bonchev–Trinajstić information content (AvgIpc) is 1.35. The van der Waals surface area contributed by atoms with Crippen molar-refractivity contribution in [3.05, 3.63) is 11.6 Å². The van der Waals surface area contributed by atoms with Crippen LogP contribution in [0.5, 0.6) is 0 Å². The second-order valence-corrected chi connectivity index (χ2v) is 4.02. The van der Waals surface area contributed by atoms with Crippen LogP contribution in [0.3, 0.4) is 0 Å². The molecule has 0 aromatic rings. The fourth-order valence-corrected chi connectivity index (χ4v) is 2.74. The summed E-state index contributed by atoms with van der Waals surface area (Å²) < 4.78 is 1.38. The van der Waals surface area contributed by atoms with Crippen molar-refractivity contribution in [3.8, 4) is 0 Å². The molecule has 0 spiro atoms. The molecule has 0 atom stereocenters. The Balaban J connectivity index is 3.14. The molecule has 0 saturated carbocycles. The quantitative estimate of drug-likeness (QED) is 0.536. The predicted molar refractivity (Wildman–Crippen MR) is 32.8 cm³/mol. The number of rotatable bonds is 1. The second kappa shape index (κ2) is 3.79. The number of hydrogen-bond acceptors (Lipinski definition) is 0. The van der Waals surface area contributed by atoms with Crippen LogP contribution in [0.1, 0.15) is 13.8 Å². The van der Waals surface area contributed by atoms with Crippen molar-refractivity contribution in [1.82, 2.24) is 0 Å². The van der Waals surface area contributed by atoms with E-state index < -0.39 is 0 Å². The molecule has 0 radical (unpaired) electrons. The Labute approximate surface area is 54.2 Å². The van der Waals surface area contributed by atoms with Gasteiger partial charge < -0.3 is 0 Å². The van der Waals surface area contributed by atoms with Crippen molar-refractivity contribution >= 4 is 24.4 Å². The van der Waals surface area contributed by atoms with E-state index in [0.29, 0.717) is 0 Å². The molecule has 34 valence electrons. The minimum atomic E-state index is 0.883. The van der Waals surface area contributed by atoms with E-state index >= 15 is 0 Å². The van der Waals surface area contributed by atoms with E-state index in [9.17, 15) is 0 Å². The van der Waals surface area contributed by atoms with Gasteiger partial charge in [-0.05, 0) is 0 Å². The van der Waals surface area contributed by atoms with E-state index in [0.717, 1.165) is 24.4 Å². The molecule has 0 amide bonds. The summed E-state index contributed by atoms with van der Waals surface area (Å²) >= 11 is 0.883. The van der Waals surface area contributed by atoms with E-state index in [1.54, 1.807) is 0 Å². The molecule has 0 bridgehead atoms. The molecule has 0 N–H and O–H groups in total. The van der Waals surface area contributed by atoms with Crippen molar-refractivity contribution in [2.75, 3.05) is 0 Å². The van der Waals surface area contributed by atoms with Gasteiger partial charge >= 0.3 is 54.0 Å². The normalized spacial score (nSPS) is 7.67. The van der Waals surface area contributed by atoms with E-state index in [4.69, 9.17) is 0 Å². The molecule has 0 aliphatic heterocycles. The molecular weight excluding hydrogens is 175 g/mol. The maximum atomic E-state index is 2.30. The molecule has 0 heterocycles. The van der Waals surface area contributed by atoms with Gasteiger partial charge in [0.2, 0.25) is 0 Å². The van der Waals surface area contributed by atoms with Gasteiger partial charge in [-0.3, -0.25) is 0 Å². The first kappa shape index (κ1) is 6.61. The van der Waals surface area contributed by atoms with Crippen molar-refractivity contribution in [2.45, 2.75) is 18.0 Å². The van der Waals surface area contributed by atoms with E-state index in [-0.39, 0.29) is 0 Å². The Morgan fingerprint density at radius 3 is 2.17 bits per heavy atom. The zero-order valence-corrected chi connectivity index (χ0v) is 10.5. The van der Waals surface area contributed by atoms with Crippen LogP contribution in [-0.2, 0) is 0 Å². The number of allylic oxidation sites excluding steroid dienone is 2. The second-order valence-electron chi connectivity index (χ2n) is 1.69. The summed E-state index contributed by atoms with van der Waals surface area (Å²) in [5.41, 5.74) is 1.47. The molecule has 0 aliphatic rings. The summed E-state index contributed by atoms with van der Waals surface area (Å²) in [7, 11) is 0. The van der Waals surface area contributed by atoms with Crippen LogP contribution in [-0.4, -0.2) is 24.4 Å². The van der Waals surface area contributed by atoms with Crippen LogP contribution in [0.2, 0.25) is 4.18 Å². The molecule has 0 saturated heterocycles. The first-order valence-electron chi connectivity index (χ1n) is 2.40. The predicted octanol–water partition coefficient (Wildman–Crippen LogP) is 1.00. The Morgan fingerprint density at radius 1 is 1.67 bits per heavy atom. The maximum absolute atomic E-state index is 2.30. The molecule has 0 aliphatic carbocycles. The monoisotopic (exact) mass is 186 g/mol. The van der Waals surface area contributed by atoms with E-state index in [1.807, 2.05) is 0 Å². The molecular formula is C5H11In. The van der Waals surface area contributed by atoms with E-state index in [1.165, 1.54) is 9.75 Å². The molecule has 6 heavy (non-hydrogen) atoms. The van der Waals surface area contributed by atoms with Gasteiger partial charge in [-0.15, -0.1) is 0 Å². The first-order chi connectivity index (χ1) is 2.77. The van der Waals surface area contributed by atoms with Gasteiger partial charge in [-0.1, -0.05) is 0 Å². The van der Waals surface area contributed by atoms with Crippen LogP contribution in [0.4, 0.5) is 0 Å². The Hall–Kier alpha value is 0.610. The van der Waals surface area contributed by atoms with E-state index in [2.05, 4.69) is 19.9 Å². The summed E-state index contributed by atoms with van der Waals surface area (Å²) in [6.45, 7) is 4.30. The fourth-order valence-electron chi connectivity index (χ4n) is 0.408. The summed E-state index contributed by atoms with van der Waals surface area (Å²) in [6, 6.07) is 0. The fraction of sp³-hybridized carbons (Fsp3) is 0.600. The summed E-state index contributed by atoms with van der Waals surface area (Å²) in [5, 5.41) is 0. The van der Waals surface area contributed by atoms with Crippen molar-refractivity contribution in [2.24, 2.45) is 0 Å². The van der Waals surface area contributed by atoms with Crippen LogP contribution in [0, 0.1) is 0 Å². The summed E-state index contributed by atoms with van der Waals surface area (Å²) in [5.74, 6) is 0. The zero-order chi connectivity index (χ0) is 4.99. The summed E-state index contributed by atoms with van der Waals surface area (Å²) in [6.07, 6.45) is 2.30. The standard InChI is InChI=1S/C5H9.In.2H/c1-4-5(2)3;;;/h4H,1H2,2-3H3;;;. The third-order valence-corrected chi connectivity index (χ3v) is 1.78. The third-order valence-electron chi connectivity index (χ3n) is 0.612. The van der Waals surface area contributed by atoms with Gasteiger partial charge in [0, 0.05) is 0 Å².